The first-order valence-electron chi connectivity index (χ1n) is 8.79. The van der Waals surface area contributed by atoms with Crippen molar-refractivity contribution < 1.29 is 23.7 Å². The summed E-state index contributed by atoms with van der Waals surface area (Å²) >= 11 is 0. The lowest BCUT2D eigenvalue weighted by molar-refractivity contribution is -0.282. The Morgan fingerprint density at radius 2 is 1.41 bits per heavy atom. The van der Waals surface area contributed by atoms with Gasteiger partial charge in [-0.1, -0.05) is 12.1 Å². The molecule has 3 aromatic rings. The minimum atomic E-state index is -0.381. The van der Waals surface area contributed by atoms with Gasteiger partial charge in [0.2, 0.25) is 0 Å². The summed E-state index contributed by atoms with van der Waals surface area (Å²) in [4.78, 5) is 29.6. The quantitative estimate of drug-likeness (QED) is 0.241. The summed E-state index contributed by atoms with van der Waals surface area (Å²) in [6, 6.07) is 18.0. The smallest absolute Gasteiger partial charge is 0.337 e. The Bertz CT molecular complexity index is 989. The lowest BCUT2D eigenvalue weighted by Crippen LogP contribution is -1.99. The number of benzene rings is 2. The van der Waals surface area contributed by atoms with Gasteiger partial charge in [0.15, 0.2) is 0 Å². The molecule has 0 saturated carbocycles. The fourth-order valence-corrected chi connectivity index (χ4v) is 2.39. The van der Waals surface area contributed by atoms with Gasteiger partial charge in [-0.05, 0) is 54.1 Å². The molecule has 0 unspecified atom stereocenters. The number of hydrogen-bond donors (Lipinski definition) is 0. The highest BCUT2D eigenvalue weighted by Crippen LogP contribution is 2.16. The van der Waals surface area contributed by atoms with Crippen LogP contribution >= 0.6 is 0 Å². The van der Waals surface area contributed by atoms with E-state index < -0.39 is 0 Å². The maximum Gasteiger partial charge on any atom is 0.337 e. The number of carbonyl (C=O) groups is 1. The highest BCUT2D eigenvalue weighted by Gasteiger charge is 2.04. The van der Waals surface area contributed by atoms with Gasteiger partial charge in [-0.3, -0.25) is 9.98 Å². The van der Waals surface area contributed by atoms with E-state index in [2.05, 4.69) is 19.6 Å². The van der Waals surface area contributed by atoms with Crippen LogP contribution in [0.1, 0.15) is 27.4 Å². The summed E-state index contributed by atoms with van der Waals surface area (Å²) < 4.78 is 10.3. The first-order chi connectivity index (χ1) is 14.2. The predicted octanol–water partition coefficient (Wildman–Crippen LogP) is 4.65. The second kappa shape index (κ2) is 10.1. The molecular formula is C22H20N2O5. The summed E-state index contributed by atoms with van der Waals surface area (Å²) in [6.07, 6.45) is 3.25. The van der Waals surface area contributed by atoms with Crippen molar-refractivity contribution in [3.63, 3.8) is 0 Å². The van der Waals surface area contributed by atoms with Crippen molar-refractivity contribution in [1.29, 1.82) is 0 Å². The van der Waals surface area contributed by atoms with Crippen molar-refractivity contribution in [3.8, 4) is 0 Å². The van der Waals surface area contributed by atoms with E-state index in [-0.39, 0.29) is 5.97 Å². The molecule has 0 aliphatic carbocycles. The van der Waals surface area contributed by atoms with Gasteiger partial charge in [-0.25, -0.2) is 14.6 Å². The number of ether oxygens (including phenoxy) is 1. The van der Waals surface area contributed by atoms with Crippen LogP contribution in [-0.4, -0.2) is 32.6 Å². The lowest BCUT2D eigenvalue weighted by atomic mass is 10.2. The number of aliphatic imine (C=N–C) groups is 2. The number of carbonyl (C=O) groups excluding carboxylic acids is 1. The number of rotatable bonds is 8. The van der Waals surface area contributed by atoms with E-state index in [0.29, 0.717) is 29.4 Å². The Morgan fingerprint density at radius 1 is 0.862 bits per heavy atom. The Hall–Kier alpha value is -3.55. The normalized spacial score (nSPS) is 11.4. The molecule has 0 amide bonds. The molecule has 3 rings (SSSR count). The van der Waals surface area contributed by atoms with Crippen molar-refractivity contribution in [1.82, 2.24) is 0 Å². The molecule has 0 saturated heterocycles. The van der Waals surface area contributed by atoms with E-state index in [9.17, 15) is 4.79 Å². The lowest BCUT2D eigenvalue weighted by Gasteiger charge is -2.00. The van der Waals surface area contributed by atoms with Crippen LogP contribution in [-0.2, 0) is 21.1 Å². The number of methoxy groups -OCH3 is 1. The SMILES string of the molecule is COOCc1ccc(N=Cc2ccc(C=Nc3ccc(C(=O)OC)cc3)o2)cc1. The second-order valence-electron chi connectivity index (χ2n) is 5.89. The molecule has 7 heteroatoms. The van der Waals surface area contributed by atoms with Crippen molar-refractivity contribution in [2.45, 2.75) is 6.61 Å². The minimum Gasteiger partial charge on any atom is -0.465 e. The Kier molecular flexibility index (Phi) is 7.05. The first kappa shape index (κ1) is 20.2. The molecule has 1 heterocycles. The van der Waals surface area contributed by atoms with Gasteiger partial charge >= 0.3 is 5.97 Å². The molecular weight excluding hydrogens is 372 g/mol. The number of hydrogen-bond acceptors (Lipinski definition) is 7. The third kappa shape index (κ3) is 5.97. The summed E-state index contributed by atoms with van der Waals surface area (Å²) in [5, 5.41) is 0. The third-order valence-electron chi connectivity index (χ3n) is 3.90. The van der Waals surface area contributed by atoms with Crippen molar-refractivity contribution in [3.05, 3.63) is 83.3 Å². The molecule has 0 fully saturated rings. The van der Waals surface area contributed by atoms with E-state index in [1.54, 1.807) is 42.8 Å². The zero-order valence-electron chi connectivity index (χ0n) is 16.1. The van der Waals surface area contributed by atoms with Gasteiger partial charge < -0.3 is 9.15 Å². The van der Waals surface area contributed by atoms with E-state index in [4.69, 9.17) is 9.30 Å². The van der Waals surface area contributed by atoms with Gasteiger partial charge in [0.1, 0.15) is 18.1 Å². The van der Waals surface area contributed by atoms with Crippen LogP contribution < -0.4 is 0 Å². The van der Waals surface area contributed by atoms with E-state index >= 15 is 0 Å². The molecule has 0 N–H and O–H groups in total. The maximum absolute atomic E-state index is 11.4. The molecule has 29 heavy (non-hydrogen) atoms. The molecule has 7 nitrogen and oxygen atoms in total. The standard InChI is InChI=1S/C22H20N2O5/c1-26-22(25)17-5-9-19(10-6-17)24-14-21-12-11-20(29-21)13-23-18-7-3-16(4-8-18)15-28-27-2/h3-14H,15H2,1-2H3. The van der Waals surface area contributed by atoms with Crippen LogP contribution in [0.15, 0.2) is 75.1 Å². The van der Waals surface area contributed by atoms with Gasteiger partial charge in [-0.2, -0.15) is 0 Å². The predicted molar refractivity (Wildman–Crippen MR) is 109 cm³/mol. The number of furan rings is 1. The zero-order chi connectivity index (χ0) is 20.5. The largest absolute Gasteiger partial charge is 0.465 e. The second-order valence-corrected chi connectivity index (χ2v) is 5.89. The zero-order valence-corrected chi connectivity index (χ0v) is 16.1. The Labute approximate surface area is 168 Å². The van der Waals surface area contributed by atoms with Crippen molar-refractivity contribution >= 4 is 29.8 Å². The third-order valence-corrected chi connectivity index (χ3v) is 3.90. The first-order valence-corrected chi connectivity index (χ1v) is 8.79. The highest BCUT2D eigenvalue weighted by atomic mass is 17.2. The highest BCUT2D eigenvalue weighted by molar-refractivity contribution is 5.90. The van der Waals surface area contributed by atoms with E-state index in [0.717, 1.165) is 11.3 Å². The van der Waals surface area contributed by atoms with Crippen LogP contribution in [0, 0.1) is 0 Å². The van der Waals surface area contributed by atoms with Crippen LogP contribution in [0.3, 0.4) is 0 Å². The van der Waals surface area contributed by atoms with Gasteiger partial charge in [0.25, 0.3) is 0 Å². The number of esters is 1. The Balaban J connectivity index is 1.59. The fraction of sp³-hybridized carbons (Fsp3) is 0.136. The average molecular weight is 392 g/mol. The van der Waals surface area contributed by atoms with Crippen molar-refractivity contribution in [2.24, 2.45) is 9.98 Å². The molecule has 2 aromatic carbocycles. The monoisotopic (exact) mass is 392 g/mol. The molecule has 0 aliphatic heterocycles. The van der Waals surface area contributed by atoms with Crippen LogP contribution in [0.4, 0.5) is 11.4 Å². The minimum absolute atomic E-state index is 0.381. The van der Waals surface area contributed by atoms with Gasteiger partial charge in [-0.15, -0.1) is 0 Å². The molecule has 0 spiro atoms. The summed E-state index contributed by atoms with van der Waals surface area (Å²) in [5.74, 6) is 0.822. The summed E-state index contributed by atoms with van der Waals surface area (Å²) in [6.45, 7) is 0.382. The van der Waals surface area contributed by atoms with Crippen LogP contribution in [0.25, 0.3) is 0 Å². The van der Waals surface area contributed by atoms with Crippen LogP contribution in [0.5, 0.6) is 0 Å². The van der Waals surface area contributed by atoms with E-state index in [1.807, 2.05) is 30.3 Å². The molecule has 148 valence electrons. The van der Waals surface area contributed by atoms with Gasteiger partial charge in [0, 0.05) is 0 Å². The van der Waals surface area contributed by atoms with Crippen LogP contribution in [0.2, 0.25) is 0 Å². The summed E-state index contributed by atoms with van der Waals surface area (Å²) in [5.41, 5.74) is 2.95. The molecule has 0 atom stereocenters. The Morgan fingerprint density at radius 3 is 1.93 bits per heavy atom. The fourth-order valence-electron chi connectivity index (χ4n) is 2.39. The summed E-state index contributed by atoms with van der Waals surface area (Å²) in [7, 11) is 2.82. The topological polar surface area (TPSA) is 82.6 Å². The molecule has 0 aliphatic rings. The maximum atomic E-state index is 11.4. The number of nitrogens with zero attached hydrogens (tertiary/aromatic N) is 2. The molecule has 0 bridgehead atoms. The molecule has 1 aromatic heterocycles. The average Bonchev–Trinajstić information content (AvgIpc) is 3.23. The van der Waals surface area contributed by atoms with Gasteiger partial charge in [0.05, 0.1) is 43.6 Å². The van der Waals surface area contributed by atoms with Crippen molar-refractivity contribution in [2.75, 3.05) is 14.2 Å². The molecule has 0 radical (unpaired) electrons. The van der Waals surface area contributed by atoms with E-state index in [1.165, 1.54) is 14.2 Å².